The van der Waals surface area contributed by atoms with Gasteiger partial charge in [-0.05, 0) is 58.8 Å². The molecule has 1 fully saturated rings. The summed E-state index contributed by atoms with van der Waals surface area (Å²) in [7, 11) is 0. The van der Waals surface area contributed by atoms with E-state index in [0.29, 0.717) is 6.04 Å². The number of ether oxygens (including phenoxy) is 1. The second-order valence-electron chi connectivity index (χ2n) is 7.96. The number of likely N-dealkylation sites (tertiary alicyclic amines) is 1. The first-order chi connectivity index (χ1) is 10.2. The van der Waals surface area contributed by atoms with Crippen molar-refractivity contribution < 1.29 is 9.53 Å². The second kappa shape index (κ2) is 8.00. The molecule has 4 nitrogen and oxygen atoms in total. The Balaban J connectivity index is 2.49. The molecular formula is C18H34N2O2. The van der Waals surface area contributed by atoms with E-state index in [1.54, 1.807) is 0 Å². The number of hydrogen-bond donors (Lipinski definition) is 1. The Labute approximate surface area is 136 Å². The summed E-state index contributed by atoms with van der Waals surface area (Å²) in [6, 6.07) is 0.478. The van der Waals surface area contributed by atoms with Crippen LogP contribution in [0.3, 0.4) is 0 Å². The fraction of sp³-hybridized carbons (Fsp3) is 0.833. The van der Waals surface area contributed by atoms with Gasteiger partial charge in [0, 0.05) is 25.7 Å². The summed E-state index contributed by atoms with van der Waals surface area (Å²) in [6.07, 6.45) is 6.11. The molecule has 1 heterocycles. The Hall–Kier alpha value is -1.03. The first-order valence-electron chi connectivity index (χ1n) is 8.47. The molecule has 0 aromatic heterocycles. The lowest BCUT2D eigenvalue weighted by Crippen LogP contribution is -2.51. The average molecular weight is 310 g/mol. The molecule has 1 aliphatic heterocycles. The van der Waals surface area contributed by atoms with Gasteiger partial charge in [-0.25, -0.2) is 4.79 Å². The van der Waals surface area contributed by atoms with Crippen LogP contribution < -0.4 is 5.32 Å². The molecule has 1 rings (SSSR count). The van der Waals surface area contributed by atoms with Crippen molar-refractivity contribution in [3.8, 4) is 0 Å². The zero-order valence-corrected chi connectivity index (χ0v) is 15.1. The summed E-state index contributed by atoms with van der Waals surface area (Å²) in [4.78, 5) is 14.1. The zero-order valence-electron chi connectivity index (χ0n) is 15.1. The van der Waals surface area contributed by atoms with Gasteiger partial charge < -0.3 is 15.0 Å². The molecule has 0 bridgehead atoms. The molecule has 1 N–H and O–H groups in total. The molecule has 0 aliphatic carbocycles. The van der Waals surface area contributed by atoms with Crippen LogP contribution in [0.15, 0.2) is 12.7 Å². The predicted molar refractivity (Wildman–Crippen MR) is 92.0 cm³/mol. The second-order valence-corrected chi connectivity index (χ2v) is 7.96. The quantitative estimate of drug-likeness (QED) is 0.755. The standard InChI is InChI=1S/C18H34N2O2/c1-7-8-10-15(2)19-13-18(6)11-9-12-20(14-18)16(21)22-17(3,4)5/h7,15,19H,1,8-14H2,2-6H3. The summed E-state index contributed by atoms with van der Waals surface area (Å²) < 4.78 is 5.50. The van der Waals surface area contributed by atoms with Crippen LogP contribution in [0.5, 0.6) is 0 Å². The molecule has 1 aliphatic rings. The minimum Gasteiger partial charge on any atom is -0.444 e. The molecule has 4 heteroatoms. The smallest absolute Gasteiger partial charge is 0.410 e. The van der Waals surface area contributed by atoms with Gasteiger partial charge in [-0.1, -0.05) is 13.0 Å². The zero-order chi connectivity index (χ0) is 16.8. The molecule has 2 unspecified atom stereocenters. The van der Waals surface area contributed by atoms with Crippen molar-refractivity contribution in [2.24, 2.45) is 5.41 Å². The van der Waals surface area contributed by atoms with Gasteiger partial charge in [0.1, 0.15) is 5.60 Å². The van der Waals surface area contributed by atoms with E-state index in [9.17, 15) is 4.79 Å². The van der Waals surface area contributed by atoms with Crippen molar-refractivity contribution in [2.45, 2.75) is 71.9 Å². The Morgan fingerprint density at radius 3 is 2.77 bits per heavy atom. The number of carbonyl (C=O) groups is 1. The number of rotatable bonds is 6. The highest BCUT2D eigenvalue weighted by atomic mass is 16.6. The van der Waals surface area contributed by atoms with Gasteiger partial charge in [0.2, 0.25) is 0 Å². The fourth-order valence-electron chi connectivity index (χ4n) is 2.83. The summed E-state index contributed by atoms with van der Waals surface area (Å²) in [5.41, 5.74) is -0.306. The Bertz CT molecular complexity index is 376. The van der Waals surface area contributed by atoms with E-state index in [0.717, 1.165) is 45.3 Å². The van der Waals surface area contributed by atoms with Gasteiger partial charge in [0.25, 0.3) is 0 Å². The van der Waals surface area contributed by atoms with Crippen molar-refractivity contribution in [3.05, 3.63) is 12.7 Å². The number of nitrogens with one attached hydrogen (secondary N) is 1. The molecule has 128 valence electrons. The minimum absolute atomic E-state index is 0.123. The molecule has 1 amide bonds. The van der Waals surface area contributed by atoms with Crippen LogP contribution in [0.1, 0.15) is 60.3 Å². The lowest BCUT2D eigenvalue weighted by Gasteiger charge is -2.41. The van der Waals surface area contributed by atoms with Gasteiger partial charge in [-0.2, -0.15) is 0 Å². The lowest BCUT2D eigenvalue weighted by atomic mass is 9.81. The van der Waals surface area contributed by atoms with Crippen LogP contribution >= 0.6 is 0 Å². The first-order valence-corrected chi connectivity index (χ1v) is 8.47. The van der Waals surface area contributed by atoms with E-state index in [1.807, 2.05) is 31.7 Å². The molecule has 0 spiro atoms. The monoisotopic (exact) mass is 310 g/mol. The summed E-state index contributed by atoms with van der Waals surface area (Å²) >= 11 is 0. The van der Waals surface area contributed by atoms with Crippen LogP contribution in [0.25, 0.3) is 0 Å². The molecule has 0 aromatic carbocycles. The Morgan fingerprint density at radius 2 is 2.18 bits per heavy atom. The van der Waals surface area contributed by atoms with Crippen LogP contribution in [-0.4, -0.2) is 42.3 Å². The highest BCUT2D eigenvalue weighted by molar-refractivity contribution is 5.68. The number of amides is 1. The maximum Gasteiger partial charge on any atom is 0.410 e. The third-order valence-electron chi connectivity index (χ3n) is 4.11. The number of carbonyl (C=O) groups excluding carboxylic acids is 1. The van der Waals surface area contributed by atoms with Crippen LogP contribution in [-0.2, 0) is 4.74 Å². The molecule has 22 heavy (non-hydrogen) atoms. The normalized spacial score (nSPS) is 24.0. The fourth-order valence-corrected chi connectivity index (χ4v) is 2.83. The van der Waals surface area contributed by atoms with E-state index in [-0.39, 0.29) is 11.5 Å². The van der Waals surface area contributed by atoms with E-state index in [4.69, 9.17) is 4.74 Å². The number of piperidine rings is 1. The summed E-state index contributed by atoms with van der Waals surface area (Å²) in [5, 5.41) is 3.61. The van der Waals surface area contributed by atoms with Crippen molar-refractivity contribution in [2.75, 3.05) is 19.6 Å². The maximum absolute atomic E-state index is 12.3. The Morgan fingerprint density at radius 1 is 1.50 bits per heavy atom. The third kappa shape index (κ3) is 6.82. The van der Waals surface area contributed by atoms with Crippen molar-refractivity contribution in [1.82, 2.24) is 10.2 Å². The van der Waals surface area contributed by atoms with Gasteiger partial charge >= 0.3 is 6.09 Å². The highest BCUT2D eigenvalue weighted by Crippen LogP contribution is 2.29. The minimum atomic E-state index is -0.428. The summed E-state index contributed by atoms with van der Waals surface area (Å²) in [5.74, 6) is 0. The van der Waals surface area contributed by atoms with Crippen molar-refractivity contribution in [1.29, 1.82) is 0 Å². The molecule has 1 saturated heterocycles. The van der Waals surface area contributed by atoms with Crippen molar-refractivity contribution >= 4 is 6.09 Å². The SMILES string of the molecule is C=CCCC(C)NCC1(C)CCCN(C(=O)OC(C)(C)C)C1. The molecule has 2 atom stereocenters. The van der Waals surface area contributed by atoms with Gasteiger partial charge in [-0.15, -0.1) is 6.58 Å². The van der Waals surface area contributed by atoms with Crippen LogP contribution in [0.2, 0.25) is 0 Å². The largest absolute Gasteiger partial charge is 0.444 e. The molecule has 0 saturated carbocycles. The number of hydrogen-bond acceptors (Lipinski definition) is 3. The first kappa shape index (κ1) is 19.0. The molecule has 0 aromatic rings. The number of allylic oxidation sites excluding steroid dienone is 1. The lowest BCUT2D eigenvalue weighted by molar-refractivity contribution is 0.00652. The topological polar surface area (TPSA) is 41.6 Å². The van der Waals surface area contributed by atoms with Gasteiger partial charge in [-0.3, -0.25) is 0 Å². The van der Waals surface area contributed by atoms with E-state index >= 15 is 0 Å². The number of nitrogens with zero attached hydrogens (tertiary/aromatic N) is 1. The highest BCUT2D eigenvalue weighted by Gasteiger charge is 2.34. The van der Waals surface area contributed by atoms with E-state index < -0.39 is 5.60 Å². The predicted octanol–water partition coefficient (Wildman–Crippen LogP) is 3.97. The van der Waals surface area contributed by atoms with Gasteiger partial charge in [0.05, 0.1) is 0 Å². The maximum atomic E-state index is 12.3. The molecular weight excluding hydrogens is 276 g/mol. The summed E-state index contributed by atoms with van der Waals surface area (Å²) in [6.45, 7) is 16.5. The van der Waals surface area contributed by atoms with Gasteiger partial charge in [0.15, 0.2) is 0 Å². The van der Waals surface area contributed by atoms with Crippen molar-refractivity contribution in [3.63, 3.8) is 0 Å². The van der Waals surface area contributed by atoms with E-state index in [2.05, 4.69) is 25.7 Å². The third-order valence-corrected chi connectivity index (χ3v) is 4.11. The average Bonchev–Trinajstić information content (AvgIpc) is 2.41. The Kier molecular flexibility index (Phi) is 6.92. The molecule has 0 radical (unpaired) electrons. The van der Waals surface area contributed by atoms with E-state index in [1.165, 1.54) is 0 Å². The van der Waals surface area contributed by atoms with Crippen LogP contribution in [0, 0.1) is 5.41 Å². The van der Waals surface area contributed by atoms with Crippen LogP contribution in [0.4, 0.5) is 4.79 Å².